The van der Waals surface area contributed by atoms with Crippen LogP contribution in [0.15, 0.2) is 30.3 Å². The molecule has 5 saturated heterocycles. The van der Waals surface area contributed by atoms with Gasteiger partial charge in [0.25, 0.3) is 0 Å². The zero-order chi connectivity index (χ0) is 35.3. The van der Waals surface area contributed by atoms with Crippen molar-refractivity contribution < 1.29 is 42.6 Å². The zero-order valence-electron chi connectivity index (χ0n) is 31.9. The average Bonchev–Trinajstić information content (AvgIpc) is 3.09. The van der Waals surface area contributed by atoms with Gasteiger partial charge in [-0.25, -0.2) is 0 Å². The fourth-order valence-corrected chi connectivity index (χ4v) is 8.59. The number of hydrogen-bond donors (Lipinski definition) is 0. The Labute approximate surface area is 295 Å². The van der Waals surface area contributed by atoms with Gasteiger partial charge in [0.2, 0.25) is 0 Å². The van der Waals surface area contributed by atoms with E-state index in [1.54, 1.807) is 0 Å². The van der Waals surface area contributed by atoms with Crippen LogP contribution < -0.4 is 0 Å². The number of rotatable bonds is 7. The molecule has 9 nitrogen and oxygen atoms in total. The van der Waals surface area contributed by atoms with E-state index in [1.165, 1.54) is 0 Å². The zero-order valence-corrected chi connectivity index (χ0v) is 31.9. The summed E-state index contributed by atoms with van der Waals surface area (Å²) in [6.07, 6.45) is -3.04. The third-order valence-corrected chi connectivity index (χ3v) is 13.4. The van der Waals surface area contributed by atoms with Crippen LogP contribution in [0.25, 0.3) is 0 Å². The standard InChI is InChI=1S/C40H64O9/c1-19-20(2)27(9)43-37(23(19)5)48-35-22(4)21(3)28(10)45-40(35)46-33-24(6)30(12)44-38(26(33)8)47-34-25(7)29(11)42-32-18-41-39(49-36(32)34)31-16-14-13-15-17-31/h13-17,19-30,32-40H,18H2,1-12H3/t19-,20+,21+,22-,23?,24-,25?,26?,27?,28?,29-,30?,32?,33-,34+,35?,36+,37-,38-,39?,40-/m0/s1. The highest BCUT2D eigenvalue weighted by atomic mass is 16.8. The first-order chi connectivity index (χ1) is 23.3. The Kier molecular flexibility index (Phi) is 11.9. The van der Waals surface area contributed by atoms with Crippen LogP contribution in [-0.4, -0.2) is 80.4 Å². The first-order valence-corrected chi connectivity index (χ1v) is 19.2. The van der Waals surface area contributed by atoms with Gasteiger partial charge in [0.05, 0.1) is 43.2 Å². The lowest BCUT2D eigenvalue weighted by molar-refractivity contribution is -0.374. The number of hydrogen-bond acceptors (Lipinski definition) is 9. The molecule has 6 rings (SSSR count). The summed E-state index contributed by atoms with van der Waals surface area (Å²) in [7, 11) is 0. The molecule has 21 atom stereocenters. The molecule has 9 unspecified atom stereocenters. The van der Waals surface area contributed by atoms with E-state index in [9.17, 15) is 0 Å². The fourth-order valence-electron chi connectivity index (χ4n) is 8.59. The van der Waals surface area contributed by atoms with Crippen LogP contribution in [0.3, 0.4) is 0 Å². The van der Waals surface area contributed by atoms with Crippen LogP contribution in [0, 0.1) is 47.3 Å². The van der Waals surface area contributed by atoms with Crippen molar-refractivity contribution in [2.75, 3.05) is 6.61 Å². The van der Waals surface area contributed by atoms with Gasteiger partial charge in [-0.05, 0) is 51.4 Å². The van der Waals surface area contributed by atoms with Crippen molar-refractivity contribution in [1.29, 1.82) is 0 Å². The lowest BCUT2D eigenvalue weighted by Crippen LogP contribution is -2.62. The molecule has 0 amide bonds. The maximum atomic E-state index is 7.09. The van der Waals surface area contributed by atoms with Gasteiger partial charge in [-0.2, -0.15) is 0 Å². The van der Waals surface area contributed by atoms with Gasteiger partial charge in [-0.1, -0.05) is 85.7 Å². The van der Waals surface area contributed by atoms with Gasteiger partial charge < -0.3 is 42.6 Å². The molecule has 49 heavy (non-hydrogen) atoms. The molecule has 0 spiro atoms. The fraction of sp³-hybridized carbons (Fsp3) is 0.850. The minimum absolute atomic E-state index is 0.0228. The highest BCUT2D eigenvalue weighted by molar-refractivity contribution is 5.16. The highest BCUT2D eigenvalue weighted by Crippen LogP contribution is 2.44. The summed E-state index contributed by atoms with van der Waals surface area (Å²) in [5, 5.41) is 0. The summed E-state index contributed by atoms with van der Waals surface area (Å²) in [6, 6.07) is 10.1. The van der Waals surface area contributed by atoms with Gasteiger partial charge in [-0.3, -0.25) is 0 Å². The van der Waals surface area contributed by atoms with Crippen molar-refractivity contribution in [3.05, 3.63) is 35.9 Å². The van der Waals surface area contributed by atoms with Crippen LogP contribution in [0.4, 0.5) is 0 Å². The second-order valence-electron chi connectivity index (χ2n) is 16.4. The Morgan fingerprint density at radius 3 is 1.63 bits per heavy atom. The topological polar surface area (TPSA) is 83.1 Å². The molecular weight excluding hydrogens is 624 g/mol. The Bertz CT molecular complexity index is 1200. The van der Waals surface area contributed by atoms with Gasteiger partial charge in [-0.15, -0.1) is 0 Å². The van der Waals surface area contributed by atoms with Crippen molar-refractivity contribution in [2.45, 2.75) is 163 Å². The van der Waals surface area contributed by atoms with Crippen LogP contribution in [-0.2, 0) is 42.6 Å². The molecule has 0 N–H and O–H groups in total. The van der Waals surface area contributed by atoms with Crippen molar-refractivity contribution in [3.63, 3.8) is 0 Å². The molecule has 5 heterocycles. The van der Waals surface area contributed by atoms with Gasteiger partial charge >= 0.3 is 0 Å². The first-order valence-electron chi connectivity index (χ1n) is 19.2. The van der Waals surface area contributed by atoms with Crippen molar-refractivity contribution in [3.8, 4) is 0 Å². The number of benzene rings is 1. The van der Waals surface area contributed by atoms with Crippen molar-refractivity contribution in [1.82, 2.24) is 0 Å². The summed E-state index contributed by atoms with van der Waals surface area (Å²) in [5.41, 5.74) is 0.984. The summed E-state index contributed by atoms with van der Waals surface area (Å²) in [5.74, 6) is 1.83. The van der Waals surface area contributed by atoms with Crippen LogP contribution >= 0.6 is 0 Å². The van der Waals surface area contributed by atoms with Crippen molar-refractivity contribution >= 4 is 0 Å². The van der Waals surface area contributed by atoms with E-state index in [0.717, 1.165) is 5.56 Å². The quantitative estimate of drug-likeness (QED) is 0.292. The molecule has 0 bridgehead atoms. The maximum Gasteiger partial charge on any atom is 0.184 e. The molecule has 278 valence electrons. The third kappa shape index (κ3) is 7.54. The molecule has 0 aliphatic carbocycles. The predicted molar refractivity (Wildman–Crippen MR) is 185 cm³/mol. The maximum absolute atomic E-state index is 7.09. The molecule has 1 aromatic carbocycles. The van der Waals surface area contributed by atoms with Crippen LogP contribution in [0.1, 0.15) is 94.9 Å². The lowest BCUT2D eigenvalue weighted by atomic mass is 9.79. The average molecular weight is 689 g/mol. The summed E-state index contributed by atoms with van der Waals surface area (Å²) >= 11 is 0. The minimum atomic E-state index is -0.542. The van der Waals surface area contributed by atoms with Crippen LogP contribution in [0.5, 0.6) is 0 Å². The predicted octanol–water partition coefficient (Wildman–Crippen LogP) is 7.37. The van der Waals surface area contributed by atoms with Gasteiger partial charge in [0, 0.05) is 29.2 Å². The van der Waals surface area contributed by atoms with E-state index in [0.29, 0.717) is 24.4 Å². The molecule has 0 saturated carbocycles. The van der Waals surface area contributed by atoms with E-state index < -0.39 is 18.9 Å². The molecule has 5 fully saturated rings. The van der Waals surface area contributed by atoms with E-state index in [1.807, 2.05) is 30.3 Å². The Morgan fingerprint density at radius 2 is 0.959 bits per heavy atom. The molecule has 0 radical (unpaired) electrons. The first kappa shape index (κ1) is 37.6. The minimum Gasteiger partial charge on any atom is -0.370 e. The normalized spacial score (nSPS) is 52.4. The summed E-state index contributed by atoms with van der Waals surface area (Å²) in [6.45, 7) is 26.8. The molecule has 5 aliphatic heterocycles. The van der Waals surface area contributed by atoms with Crippen molar-refractivity contribution in [2.24, 2.45) is 47.3 Å². The van der Waals surface area contributed by atoms with E-state index in [4.69, 9.17) is 42.6 Å². The SMILES string of the molecule is CC1[C@H](OC2[C@H](O[C@@H]3C(C)[C@H](O[C@@H]4C(C)[C@H](C)OC5COC(c6ccccc6)O[C@H]54)OC(C)[C@@H]3C)OC(C)[C@H](C)[C@@H]2C)OC(C)[C@H](C)[C@@H]1C. The van der Waals surface area contributed by atoms with E-state index in [2.05, 4.69) is 83.1 Å². The smallest absolute Gasteiger partial charge is 0.184 e. The molecule has 1 aromatic rings. The second kappa shape index (κ2) is 15.5. The molecular formula is C40H64O9. The monoisotopic (exact) mass is 688 g/mol. The summed E-state index contributed by atoms with van der Waals surface area (Å²) in [4.78, 5) is 0. The Balaban J connectivity index is 1.20. The highest BCUT2D eigenvalue weighted by Gasteiger charge is 2.53. The summed E-state index contributed by atoms with van der Waals surface area (Å²) < 4.78 is 60.0. The number of fused-ring (bicyclic) bond motifs is 1. The van der Waals surface area contributed by atoms with Crippen LogP contribution in [0.2, 0.25) is 0 Å². The second-order valence-corrected chi connectivity index (χ2v) is 16.4. The van der Waals surface area contributed by atoms with E-state index in [-0.39, 0.29) is 90.8 Å². The Hall–Kier alpha value is -1.14. The third-order valence-electron chi connectivity index (χ3n) is 13.4. The van der Waals surface area contributed by atoms with E-state index >= 15 is 0 Å². The molecule has 0 aromatic heterocycles. The molecule has 9 heteroatoms. The molecule has 5 aliphatic rings. The Morgan fingerprint density at radius 1 is 0.449 bits per heavy atom. The lowest BCUT2D eigenvalue weighted by Gasteiger charge is -2.52. The van der Waals surface area contributed by atoms with Gasteiger partial charge in [0.1, 0.15) is 18.3 Å². The number of ether oxygens (including phenoxy) is 9. The van der Waals surface area contributed by atoms with Gasteiger partial charge in [0.15, 0.2) is 25.2 Å². The largest absolute Gasteiger partial charge is 0.370 e.